The number of methoxy groups -OCH3 is 1. The van der Waals surface area contributed by atoms with Gasteiger partial charge < -0.3 is 10.5 Å². The molecule has 1 aliphatic rings. The maximum Gasteiger partial charge on any atom is 0.118 e. The Morgan fingerprint density at radius 2 is 1.76 bits per heavy atom. The highest BCUT2D eigenvalue weighted by Gasteiger charge is 2.21. The van der Waals surface area contributed by atoms with Gasteiger partial charge in [-0.1, -0.05) is 12.1 Å². The first-order valence-corrected chi connectivity index (χ1v) is 6.67. The van der Waals surface area contributed by atoms with E-state index in [0.717, 1.165) is 24.1 Å². The van der Waals surface area contributed by atoms with E-state index in [1.807, 2.05) is 0 Å². The highest BCUT2D eigenvalue weighted by molar-refractivity contribution is 5.29. The number of benzene rings is 1. The normalized spacial score (nSPS) is 24.6. The Morgan fingerprint density at radius 1 is 1.12 bits per heavy atom. The van der Waals surface area contributed by atoms with Crippen molar-refractivity contribution in [2.45, 2.75) is 38.0 Å². The zero-order valence-electron chi connectivity index (χ0n) is 10.7. The first-order chi connectivity index (χ1) is 8.33. The SMILES string of the molecule is COc1ccc(C2CCC(CCN)CC2)cc1. The zero-order chi connectivity index (χ0) is 12.1. The largest absolute Gasteiger partial charge is 0.497 e. The third-order valence-corrected chi connectivity index (χ3v) is 4.01. The molecule has 0 amide bonds. The second kappa shape index (κ2) is 6.06. The second-order valence-electron chi connectivity index (χ2n) is 5.07. The first-order valence-electron chi connectivity index (χ1n) is 6.67. The molecule has 0 radical (unpaired) electrons. The lowest BCUT2D eigenvalue weighted by Crippen LogP contribution is -2.16. The second-order valence-corrected chi connectivity index (χ2v) is 5.07. The van der Waals surface area contributed by atoms with Crippen LogP contribution in [0.5, 0.6) is 5.75 Å². The van der Waals surface area contributed by atoms with Crippen molar-refractivity contribution < 1.29 is 4.74 Å². The summed E-state index contributed by atoms with van der Waals surface area (Å²) in [6.07, 6.45) is 6.52. The van der Waals surface area contributed by atoms with E-state index in [9.17, 15) is 0 Å². The number of nitrogens with two attached hydrogens (primary N) is 1. The summed E-state index contributed by atoms with van der Waals surface area (Å²) in [4.78, 5) is 0. The Kier molecular flexibility index (Phi) is 4.43. The minimum atomic E-state index is 0.745. The highest BCUT2D eigenvalue weighted by atomic mass is 16.5. The van der Waals surface area contributed by atoms with Crippen molar-refractivity contribution in [2.24, 2.45) is 11.7 Å². The lowest BCUT2D eigenvalue weighted by atomic mass is 9.77. The van der Waals surface area contributed by atoms with Gasteiger partial charge in [-0.25, -0.2) is 0 Å². The molecule has 1 saturated carbocycles. The minimum Gasteiger partial charge on any atom is -0.497 e. The summed E-state index contributed by atoms with van der Waals surface area (Å²) in [5.41, 5.74) is 7.09. The predicted octanol–water partition coefficient (Wildman–Crippen LogP) is 3.32. The first kappa shape index (κ1) is 12.4. The molecule has 0 bridgehead atoms. The molecule has 1 fully saturated rings. The quantitative estimate of drug-likeness (QED) is 0.866. The molecule has 2 nitrogen and oxygen atoms in total. The lowest BCUT2D eigenvalue weighted by molar-refractivity contribution is 0.313. The van der Waals surface area contributed by atoms with E-state index < -0.39 is 0 Å². The predicted molar refractivity (Wildman–Crippen MR) is 71.4 cm³/mol. The number of hydrogen-bond donors (Lipinski definition) is 1. The smallest absolute Gasteiger partial charge is 0.118 e. The fraction of sp³-hybridized carbons (Fsp3) is 0.600. The van der Waals surface area contributed by atoms with Crippen LogP contribution in [0.1, 0.15) is 43.6 Å². The van der Waals surface area contributed by atoms with Crippen molar-refractivity contribution in [3.8, 4) is 5.75 Å². The van der Waals surface area contributed by atoms with Crippen molar-refractivity contribution >= 4 is 0 Å². The summed E-state index contributed by atoms with van der Waals surface area (Å²) in [6, 6.07) is 8.57. The molecule has 0 saturated heterocycles. The van der Waals surface area contributed by atoms with Crippen LogP contribution in [0.15, 0.2) is 24.3 Å². The minimum absolute atomic E-state index is 0.745. The van der Waals surface area contributed by atoms with Gasteiger partial charge in [0, 0.05) is 0 Å². The third-order valence-electron chi connectivity index (χ3n) is 4.01. The summed E-state index contributed by atoms with van der Waals surface area (Å²) in [5.74, 6) is 2.56. The van der Waals surface area contributed by atoms with Gasteiger partial charge in [0.15, 0.2) is 0 Å². The van der Waals surface area contributed by atoms with Crippen LogP contribution in [0.2, 0.25) is 0 Å². The van der Waals surface area contributed by atoms with Gasteiger partial charge in [-0.2, -0.15) is 0 Å². The Bertz CT molecular complexity index is 325. The van der Waals surface area contributed by atoms with Crippen molar-refractivity contribution in [1.82, 2.24) is 0 Å². The van der Waals surface area contributed by atoms with Gasteiger partial charge in [0.2, 0.25) is 0 Å². The molecule has 1 aromatic rings. The molecule has 0 heterocycles. The molecule has 2 N–H and O–H groups in total. The molecular weight excluding hydrogens is 210 g/mol. The van der Waals surface area contributed by atoms with Crippen molar-refractivity contribution in [3.63, 3.8) is 0 Å². The van der Waals surface area contributed by atoms with Gasteiger partial charge in [-0.3, -0.25) is 0 Å². The monoisotopic (exact) mass is 233 g/mol. The van der Waals surface area contributed by atoms with E-state index in [-0.39, 0.29) is 0 Å². The molecule has 0 aliphatic heterocycles. The average molecular weight is 233 g/mol. The Hall–Kier alpha value is -1.02. The molecule has 0 unspecified atom stereocenters. The molecular formula is C15H23NO. The van der Waals surface area contributed by atoms with Crippen LogP contribution < -0.4 is 10.5 Å². The zero-order valence-corrected chi connectivity index (χ0v) is 10.7. The average Bonchev–Trinajstić information content (AvgIpc) is 2.40. The van der Waals surface area contributed by atoms with Crippen LogP contribution in [0.25, 0.3) is 0 Å². The molecule has 0 atom stereocenters. The van der Waals surface area contributed by atoms with E-state index in [1.165, 1.54) is 37.7 Å². The third kappa shape index (κ3) is 3.22. The van der Waals surface area contributed by atoms with Crippen LogP contribution >= 0.6 is 0 Å². The topological polar surface area (TPSA) is 35.2 Å². The van der Waals surface area contributed by atoms with Crippen LogP contribution in [-0.4, -0.2) is 13.7 Å². The Morgan fingerprint density at radius 3 is 2.29 bits per heavy atom. The Labute approximate surface area is 104 Å². The number of ether oxygens (including phenoxy) is 1. The van der Waals surface area contributed by atoms with E-state index in [0.29, 0.717) is 0 Å². The summed E-state index contributed by atoms with van der Waals surface area (Å²) >= 11 is 0. The fourth-order valence-electron chi connectivity index (χ4n) is 2.90. The van der Waals surface area contributed by atoms with Gasteiger partial charge in [-0.05, 0) is 68.2 Å². The maximum absolute atomic E-state index is 5.62. The summed E-state index contributed by atoms with van der Waals surface area (Å²) in [7, 11) is 1.72. The molecule has 2 rings (SSSR count). The molecule has 2 heteroatoms. The molecule has 1 aromatic carbocycles. The van der Waals surface area contributed by atoms with Crippen molar-refractivity contribution in [2.75, 3.05) is 13.7 Å². The highest BCUT2D eigenvalue weighted by Crippen LogP contribution is 2.37. The van der Waals surface area contributed by atoms with Crippen LogP contribution in [0.4, 0.5) is 0 Å². The van der Waals surface area contributed by atoms with Gasteiger partial charge in [0.05, 0.1) is 7.11 Å². The van der Waals surface area contributed by atoms with Crippen LogP contribution in [-0.2, 0) is 0 Å². The van der Waals surface area contributed by atoms with E-state index in [1.54, 1.807) is 7.11 Å². The summed E-state index contributed by atoms with van der Waals surface area (Å²) in [6.45, 7) is 0.845. The van der Waals surface area contributed by atoms with Crippen molar-refractivity contribution in [1.29, 1.82) is 0 Å². The van der Waals surface area contributed by atoms with Gasteiger partial charge in [0.1, 0.15) is 5.75 Å². The van der Waals surface area contributed by atoms with E-state index in [4.69, 9.17) is 10.5 Å². The summed E-state index contributed by atoms with van der Waals surface area (Å²) in [5, 5.41) is 0. The van der Waals surface area contributed by atoms with Gasteiger partial charge >= 0.3 is 0 Å². The summed E-state index contributed by atoms with van der Waals surface area (Å²) < 4.78 is 5.19. The lowest BCUT2D eigenvalue weighted by Gasteiger charge is -2.28. The van der Waals surface area contributed by atoms with Crippen LogP contribution in [0, 0.1) is 5.92 Å². The van der Waals surface area contributed by atoms with Gasteiger partial charge in [0.25, 0.3) is 0 Å². The molecule has 94 valence electrons. The van der Waals surface area contributed by atoms with Gasteiger partial charge in [-0.15, -0.1) is 0 Å². The molecule has 0 spiro atoms. The maximum atomic E-state index is 5.62. The van der Waals surface area contributed by atoms with Crippen LogP contribution in [0.3, 0.4) is 0 Å². The molecule has 17 heavy (non-hydrogen) atoms. The van der Waals surface area contributed by atoms with Crippen molar-refractivity contribution in [3.05, 3.63) is 29.8 Å². The van der Waals surface area contributed by atoms with E-state index in [2.05, 4.69) is 24.3 Å². The number of rotatable bonds is 4. The number of hydrogen-bond acceptors (Lipinski definition) is 2. The Balaban J connectivity index is 1.91. The van der Waals surface area contributed by atoms with E-state index >= 15 is 0 Å². The molecule has 0 aromatic heterocycles. The molecule has 1 aliphatic carbocycles. The fourth-order valence-corrected chi connectivity index (χ4v) is 2.90. The standard InChI is InChI=1S/C15H23NO/c1-17-15-8-6-14(7-9-15)13-4-2-12(3-5-13)10-11-16/h6-9,12-13H,2-5,10-11,16H2,1H3.